The maximum absolute atomic E-state index is 8.63. The van der Waals surface area contributed by atoms with Crippen LogP contribution < -0.4 is 5.30 Å². The highest BCUT2D eigenvalue weighted by Gasteiger charge is 1.93. The molecule has 0 spiro atoms. The molecule has 0 aromatic heterocycles. The summed E-state index contributed by atoms with van der Waals surface area (Å²) in [5, 5.41) is 9.81. The normalized spacial score (nSPS) is 8.91. The van der Waals surface area contributed by atoms with Gasteiger partial charge >= 0.3 is 0 Å². The summed E-state index contributed by atoms with van der Waals surface area (Å²) in [4.78, 5) is 0. The first kappa shape index (κ1) is 11.1. The Morgan fingerprint density at radius 1 is 1.27 bits per heavy atom. The highest BCUT2D eigenvalue weighted by atomic mass is 79.9. The Hall–Kier alpha value is 0.0900. The molecular weight excluding hydrogens is 223 g/mol. The highest BCUT2D eigenvalue weighted by molar-refractivity contribution is 8.93. The van der Waals surface area contributed by atoms with E-state index < -0.39 is 0 Å². The van der Waals surface area contributed by atoms with Crippen molar-refractivity contribution in [2.45, 2.75) is 6.42 Å². The fourth-order valence-corrected chi connectivity index (χ4v) is 1.23. The Labute approximate surface area is 79.8 Å². The Morgan fingerprint density at radius 3 is 2.45 bits per heavy atom. The van der Waals surface area contributed by atoms with Gasteiger partial charge in [0.25, 0.3) is 0 Å². The molecule has 1 aromatic carbocycles. The van der Waals surface area contributed by atoms with E-state index in [-0.39, 0.29) is 23.6 Å². The van der Waals surface area contributed by atoms with Crippen molar-refractivity contribution in [2.24, 2.45) is 0 Å². The maximum Gasteiger partial charge on any atom is 0.0471 e. The summed E-state index contributed by atoms with van der Waals surface area (Å²) < 4.78 is 0. The number of benzene rings is 1. The van der Waals surface area contributed by atoms with E-state index in [1.807, 2.05) is 24.3 Å². The summed E-state index contributed by atoms with van der Waals surface area (Å²) in [6, 6.07) is 8.02. The lowest BCUT2D eigenvalue weighted by Crippen LogP contribution is -2.02. The Bertz CT molecular complexity index is 215. The third-order valence-corrected chi connectivity index (χ3v) is 2.00. The maximum atomic E-state index is 8.63. The van der Waals surface area contributed by atoms with Crippen molar-refractivity contribution in [1.82, 2.24) is 0 Å². The van der Waals surface area contributed by atoms with E-state index >= 15 is 0 Å². The van der Waals surface area contributed by atoms with Crippen molar-refractivity contribution in [2.75, 3.05) is 6.61 Å². The molecule has 0 aliphatic rings. The van der Waals surface area contributed by atoms with E-state index in [4.69, 9.17) is 5.11 Å². The van der Waals surface area contributed by atoms with Gasteiger partial charge in [-0.1, -0.05) is 24.3 Å². The van der Waals surface area contributed by atoms with E-state index in [9.17, 15) is 0 Å². The van der Waals surface area contributed by atoms with Crippen LogP contribution in [0.5, 0.6) is 0 Å². The van der Waals surface area contributed by atoms with Gasteiger partial charge in [-0.3, -0.25) is 0 Å². The zero-order valence-electron chi connectivity index (χ0n) is 6.16. The first-order chi connectivity index (χ1) is 4.84. The Kier molecular flexibility index (Phi) is 5.75. The second-order valence-electron chi connectivity index (χ2n) is 2.17. The van der Waals surface area contributed by atoms with Crippen molar-refractivity contribution in [3.8, 4) is 0 Å². The molecule has 11 heavy (non-hydrogen) atoms. The lowest BCUT2D eigenvalue weighted by atomic mass is 10.2. The first-order valence-corrected chi connectivity index (χ1v) is 3.86. The van der Waals surface area contributed by atoms with Gasteiger partial charge in [0.15, 0.2) is 0 Å². The molecule has 0 aliphatic carbocycles. The molecular formula is C8H12BrOP. The number of aliphatic hydroxyl groups is 1. The molecule has 0 saturated heterocycles. The zero-order chi connectivity index (χ0) is 7.40. The van der Waals surface area contributed by atoms with Crippen LogP contribution in [0.2, 0.25) is 0 Å². The summed E-state index contributed by atoms with van der Waals surface area (Å²) in [7, 11) is 2.65. The van der Waals surface area contributed by atoms with Crippen LogP contribution in [0, 0.1) is 0 Å². The van der Waals surface area contributed by atoms with Crippen LogP contribution in [-0.2, 0) is 6.42 Å². The molecule has 1 rings (SSSR count). The lowest BCUT2D eigenvalue weighted by molar-refractivity contribution is 0.300. The predicted molar refractivity (Wildman–Crippen MR) is 56.9 cm³/mol. The molecule has 3 heteroatoms. The summed E-state index contributed by atoms with van der Waals surface area (Å²) in [6.45, 7) is 0.228. The van der Waals surface area contributed by atoms with Gasteiger partial charge in [-0.25, -0.2) is 0 Å². The number of hydrogen-bond acceptors (Lipinski definition) is 1. The molecule has 1 aromatic rings. The van der Waals surface area contributed by atoms with E-state index in [1.165, 1.54) is 10.9 Å². The van der Waals surface area contributed by atoms with Gasteiger partial charge in [0.05, 0.1) is 0 Å². The predicted octanol–water partition coefficient (Wildman–Crippen LogP) is 1.30. The molecule has 0 fully saturated rings. The first-order valence-electron chi connectivity index (χ1n) is 3.29. The molecule has 1 atom stereocenters. The van der Waals surface area contributed by atoms with Gasteiger partial charge in [-0.2, -0.15) is 0 Å². The number of hydrogen-bond donors (Lipinski definition) is 1. The Morgan fingerprint density at radius 2 is 1.91 bits per heavy atom. The fourth-order valence-electron chi connectivity index (χ4n) is 0.882. The standard InChI is InChI=1S/C8H11OP.BrH/c9-6-5-7-3-1-2-4-8(7)10;/h1-4,9H,5-6,10H2;1H. The highest BCUT2D eigenvalue weighted by Crippen LogP contribution is 2.00. The summed E-state index contributed by atoms with van der Waals surface area (Å²) in [5.74, 6) is 0. The summed E-state index contributed by atoms with van der Waals surface area (Å²) >= 11 is 0. The van der Waals surface area contributed by atoms with Gasteiger partial charge in [0.2, 0.25) is 0 Å². The smallest absolute Gasteiger partial charge is 0.0471 e. The third-order valence-electron chi connectivity index (χ3n) is 1.44. The minimum absolute atomic E-state index is 0. The van der Waals surface area contributed by atoms with Crippen molar-refractivity contribution < 1.29 is 5.11 Å². The van der Waals surface area contributed by atoms with Crippen LogP contribution >= 0.6 is 26.2 Å². The van der Waals surface area contributed by atoms with Crippen molar-refractivity contribution in [3.63, 3.8) is 0 Å². The molecule has 0 amide bonds. The van der Waals surface area contributed by atoms with E-state index in [0.29, 0.717) is 0 Å². The quantitative estimate of drug-likeness (QED) is 0.766. The molecule has 0 bridgehead atoms. The van der Waals surface area contributed by atoms with Crippen molar-refractivity contribution in [1.29, 1.82) is 0 Å². The summed E-state index contributed by atoms with van der Waals surface area (Å²) in [5.41, 5.74) is 1.20. The summed E-state index contributed by atoms with van der Waals surface area (Å²) in [6.07, 6.45) is 0.750. The average Bonchev–Trinajstić information content (AvgIpc) is 1.94. The van der Waals surface area contributed by atoms with Crippen LogP contribution in [-0.4, -0.2) is 11.7 Å². The molecule has 0 aliphatic heterocycles. The third kappa shape index (κ3) is 3.33. The molecule has 0 saturated carbocycles. The lowest BCUT2D eigenvalue weighted by Gasteiger charge is -2.00. The molecule has 1 unspecified atom stereocenters. The molecule has 0 radical (unpaired) electrons. The molecule has 1 nitrogen and oxygen atoms in total. The van der Waals surface area contributed by atoms with Crippen molar-refractivity contribution >= 4 is 31.5 Å². The molecule has 1 N–H and O–H groups in total. The second-order valence-corrected chi connectivity index (χ2v) is 2.79. The Balaban J connectivity index is 0.000001000. The topological polar surface area (TPSA) is 20.2 Å². The fraction of sp³-hybridized carbons (Fsp3) is 0.250. The van der Waals surface area contributed by atoms with E-state index in [2.05, 4.69) is 9.24 Å². The van der Waals surface area contributed by atoms with Gasteiger partial charge in [-0.05, 0) is 17.3 Å². The second kappa shape index (κ2) is 5.70. The van der Waals surface area contributed by atoms with Gasteiger partial charge < -0.3 is 5.11 Å². The van der Waals surface area contributed by atoms with Crippen LogP contribution in [0.1, 0.15) is 5.56 Å². The average molecular weight is 235 g/mol. The minimum Gasteiger partial charge on any atom is -0.396 e. The molecule has 0 heterocycles. The minimum atomic E-state index is 0. The van der Waals surface area contributed by atoms with E-state index in [0.717, 1.165) is 6.42 Å². The van der Waals surface area contributed by atoms with E-state index in [1.54, 1.807) is 0 Å². The van der Waals surface area contributed by atoms with Gasteiger partial charge in [-0.15, -0.1) is 26.2 Å². The monoisotopic (exact) mass is 234 g/mol. The van der Waals surface area contributed by atoms with Crippen LogP contribution in [0.3, 0.4) is 0 Å². The van der Waals surface area contributed by atoms with Gasteiger partial charge in [0.1, 0.15) is 0 Å². The SMILES string of the molecule is Br.OCCc1ccccc1P. The molecule has 62 valence electrons. The van der Waals surface area contributed by atoms with Crippen molar-refractivity contribution in [3.05, 3.63) is 29.8 Å². The number of rotatable bonds is 2. The zero-order valence-corrected chi connectivity index (χ0v) is 9.02. The van der Waals surface area contributed by atoms with Crippen LogP contribution in [0.25, 0.3) is 0 Å². The van der Waals surface area contributed by atoms with Crippen LogP contribution in [0.15, 0.2) is 24.3 Å². The van der Waals surface area contributed by atoms with Crippen LogP contribution in [0.4, 0.5) is 0 Å². The largest absolute Gasteiger partial charge is 0.396 e. The van der Waals surface area contributed by atoms with Gasteiger partial charge in [0, 0.05) is 6.61 Å². The number of aliphatic hydroxyl groups excluding tert-OH is 1. The number of halogens is 1.